The summed E-state index contributed by atoms with van der Waals surface area (Å²) in [6, 6.07) is 18.5. The molecule has 0 unspecified atom stereocenters. The number of anilines is 1. The number of nitrogens with two attached hydrogens (primary N) is 1. The summed E-state index contributed by atoms with van der Waals surface area (Å²) in [4.78, 5) is 31.1. The van der Waals surface area contributed by atoms with E-state index in [4.69, 9.17) is 22.1 Å². The molecule has 220 valence electrons. The van der Waals surface area contributed by atoms with Crippen LogP contribution in [-0.2, 0) is 22.4 Å². The smallest absolute Gasteiger partial charge is 0.416 e. The molecule has 0 radical (unpaired) electrons. The first-order valence-electron chi connectivity index (χ1n) is 12.8. The first-order chi connectivity index (χ1) is 20.4. The standard InChI is InChI=1S/C31H25ClF3N5O3/c1-18-6-9-20-4-3-5-27(29(20)39-18)43-17-23-22(15-36)26(13-12-24(23)32)40(2)28(41)16-38-30(42)25(37)14-19-7-10-21(11-8-19)31(33,34)35/h3-14H,16-17,37H2,1-2H3,(H,38,42). The van der Waals surface area contributed by atoms with Crippen molar-refractivity contribution in [2.24, 2.45) is 5.73 Å². The third-order valence-corrected chi connectivity index (χ3v) is 6.85. The average Bonchev–Trinajstić information content (AvgIpc) is 2.98. The van der Waals surface area contributed by atoms with Crippen LogP contribution >= 0.6 is 11.6 Å². The number of aromatic nitrogens is 1. The Morgan fingerprint density at radius 3 is 2.51 bits per heavy atom. The molecule has 4 rings (SSSR count). The van der Waals surface area contributed by atoms with Gasteiger partial charge in [0, 0.05) is 28.7 Å². The van der Waals surface area contributed by atoms with Gasteiger partial charge in [0.1, 0.15) is 23.9 Å². The Labute approximate surface area is 250 Å². The van der Waals surface area contributed by atoms with E-state index < -0.39 is 30.1 Å². The van der Waals surface area contributed by atoms with Crippen LogP contribution in [-0.4, -0.2) is 30.4 Å². The number of benzene rings is 3. The van der Waals surface area contributed by atoms with E-state index in [0.29, 0.717) is 16.8 Å². The second kappa shape index (κ2) is 12.8. The molecule has 0 bridgehead atoms. The molecule has 0 saturated carbocycles. The van der Waals surface area contributed by atoms with Crippen molar-refractivity contribution in [3.05, 3.63) is 105 Å². The van der Waals surface area contributed by atoms with Gasteiger partial charge in [-0.2, -0.15) is 18.4 Å². The number of halogens is 4. The largest absolute Gasteiger partial charge is 0.487 e. The quantitative estimate of drug-likeness (QED) is 0.246. The number of hydrogen-bond acceptors (Lipinski definition) is 6. The van der Waals surface area contributed by atoms with E-state index in [1.54, 1.807) is 6.07 Å². The van der Waals surface area contributed by atoms with Crippen molar-refractivity contribution in [3.8, 4) is 11.8 Å². The van der Waals surface area contributed by atoms with Gasteiger partial charge in [-0.25, -0.2) is 4.98 Å². The number of carbonyl (C=O) groups excluding carboxylic acids is 2. The zero-order valence-corrected chi connectivity index (χ0v) is 23.8. The highest BCUT2D eigenvalue weighted by Crippen LogP contribution is 2.32. The highest BCUT2D eigenvalue weighted by Gasteiger charge is 2.30. The minimum Gasteiger partial charge on any atom is -0.487 e. The van der Waals surface area contributed by atoms with Gasteiger partial charge < -0.3 is 20.7 Å². The summed E-state index contributed by atoms with van der Waals surface area (Å²) >= 11 is 6.43. The lowest BCUT2D eigenvalue weighted by molar-refractivity contribution is -0.137. The second-order valence-corrected chi connectivity index (χ2v) is 9.86. The molecule has 0 aliphatic carbocycles. The molecule has 8 nitrogen and oxygen atoms in total. The monoisotopic (exact) mass is 607 g/mol. The third-order valence-electron chi connectivity index (χ3n) is 6.50. The Morgan fingerprint density at radius 2 is 1.84 bits per heavy atom. The van der Waals surface area contributed by atoms with Gasteiger partial charge in [0.2, 0.25) is 5.91 Å². The maximum atomic E-state index is 12.9. The number of amides is 2. The number of carbonyl (C=O) groups is 2. The zero-order valence-electron chi connectivity index (χ0n) is 23.0. The number of pyridine rings is 1. The molecular formula is C31H25ClF3N5O3. The van der Waals surface area contributed by atoms with Crippen LogP contribution in [0.2, 0.25) is 5.02 Å². The molecule has 0 spiro atoms. The summed E-state index contributed by atoms with van der Waals surface area (Å²) in [6.07, 6.45) is -3.30. The third kappa shape index (κ3) is 7.23. The number of alkyl halides is 3. The summed E-state index contributed by atoms with van der Waals surface area (Å²) in [6.45, 7) is 1.31. The van der Waals surface area contributed by atoms with Crippen LogP contribution < -0.4 is 20.7 Å². The molecule has 0 saturated heterocycles. The lowest BCUT2D eigenvalue weighted by Gasteiger charge is -2.21. The van der Waals surface area contributed by atoms with Crippen molar-refractivity contribution < 1.29 is 27.5 Å². The predicted molar refractivity (Wildman–Crippen MR) is 157 cm³/mol. The minimum atomic E-state index is -4.49. The van der Waals surface area contributed by atoms with Crippen LogP contribution in [0.25, 0.3) is 17.0 Å². The van der Waals surface area contributed by atoms with Crippen LogP contribution in [0.1, 0.15) is 27.9 Å². The minimum absolute atomic E-state index is 0.0751. The van der Waals surface area contributed by atoms with Gasteiger partial charge in [-0.1, -0.05) is 41.9 Å². The molecule has 1 aromatic heterocycles. The second-order valence-electron chi connectivity index (χ2n) is 9.46. The van der Waals surface area contributed by atoms with Gasteiger partial charge in [-0.15, -0.1) is 0 Å². The Kier molecular flexibility index (Phi) is 9.21. The van der Waals surface area contributed by atoms with Crippen molar-refractivity contribution in [3.63, 3.8) is 0 Å². The number of nitriles is 1. The van der Waals surface area contributed by atoms with Gasteiger partial charge in [0.05, 0.1) is 29.1 Å². The summed E-state index contributed by atoms with van der Waals surface area (Å²) in [5, 5.41) is 13.5. The Bertz CT molecular complexity index is 1770. The number of fused-ring (bicyclic) bond motifs is 1. The highest BCUT2D eigenvalue weighted by atomic mass is 35.5. The topological polar surface area (TPSA) is 121 Å². The fourth-order valence-electron chi connectivity index (χ4n) is 4.16. The summed E-state index contributed by atoms with van der Waals surface area (Å²) in [7, 11) is 1.43. The molecule has 0 aliphatic heterocycles. The first-order valence-corrected chi connectivity index (χ1v) is 13.2. The molecule has 0 aliphatic rings. The van der Waals surface area contributed by atoms with Crippen molar-refractivity contribution in [2.75, 3.05) is 18.5 Å². The van der Waals surface area contributed by atoms with E-state index in [9.17, 15) is 28.0 Å². The molecule has 0 atom stereocenters. The van der Waals surface area contributed by atoms with E-state index in [1.807, 2.05) is 31.2 Å². The van der Waals surface area contributed by atoms with Crippen LogP contribution in [0.4, 0.5) is 18.9 Å². The zero-order chi connectivity index (χ0) is 31.3. The summed E-state index contributed by atoms with van der Waals surface area (Å²) < 4.78 is 44.3. The highest BCUT2D eigenvalue weighted by molar-refractivity contribution is 6.31. The molecule has 4 aromatic rings. The van der Waals surface area contributed by atoms with Gasteiger partial charge in [-0.3, -0.25) is 9.59 Å². The lowest BCUT2D eigenvalue weighted by atomic mass is 10.1. The Balaban J connectivity index is 1.45. The van der Waals surface area contributed by atoms with Gasteiger partial charge in [-0.05, 0) is 55.0 Å². The molecule has 1 heterocycles. The molecule has 43 heavy (non-hydrogen) atoms. The molecule has 0 fully saturated rings. The molecule has 12 heteroatoms. The first kappa shape index (κ1) is 30.9. The van der Waals surface area contributed by atoms with Gasteiger partial charge >= 0.3 is 6.18 Å². The fraction of sp³-hybridized carbons (Fsp3) is 0.161. The molecule has 2 amide bonds. The maximum Gasteiger partial charge on any atom is 0.416 e. The Morgan fingerprint density at radius 1 is 1.12 bits per heavy atom. The van der Waals surface area contributed by atoms with Gasteiger partial charge in [0.25, 0.3) is 5.91 Å². The summed E-state index contributed by atoms with van der Waals surface area (Å²) in [5.74, 6) is -0.873. The van der Waals surface area contributed by atoms with Crippen molar-refractivity contribution in [2.45, 2.75) is 19.7 Å². The van der Waals surface area contributed by atoms with Crippen LogP contribution in [0.3, 0.4) is 0 Å². The van der Waals surface area contributed by atoms with Crippen molar-refractivity contribution in [1.29, 1.82) is 5.26 Å². The predicted octanol–water partition coefficient (Wildman–Crippen LogP) is 5.74. The SMILES string of the molecule is Cc1ccc2cccc(OCc3c(Cl)ccc(N(C)C(=O)CNC(=O)C(N)=Cc4ccc(C(F)(F)F)cc4)c3C#N)c2n1. The van der Waals surface area contributed by atoms with E-state index in [1.165, 1.54) is 42.3 Å². The average molecular weight is 608 g/mol. The van der Waals surface area contributed by atoms with E-state index in [2.05, 4.69) is 16.4 Å². The van der Waals surface area contributed by atoms with Gasteiger partial charge in [0.15, 0.2) is 0 Å². The van der Waals surface area contributed by atoms with Crippen LogP contribution in [0, 0.1) is 18.3 Å². The number of rotatable bonds is 8. The summed E-state index contributed by atoms with van der Waals surface area (Å²) in [5.41, 5.74) is 7.08. The van der Waals surface area contributed by atoms with Crippen molar-refractivity contribution >= 4 is 46.1 Å². The normalized spacial score (nSPS) is 11.6. The fourth-order valence-corrected chi connectivity index (χ4v) is 4.38. The van der Waals surface area contributed by atoms with Crippen LogP contribution in [0.15, 0.2) is 72.4 Å². The number of aryl methyl sites for hydroxylation is 1. The van der Waals surface area contributed by atoms with Crippen LogP contribution in [0.5, 0.6) is 5.75 Å². The number of hydrogen-bond donors (Lipinski definition) is 2. The Hall–Kier alpha value is -5.08. The van der Waals surface area contributed by atoms with E-state index in [-0.39, 0.29) is 34.1 Å². The molecular weight excluding hydrogens is 583 g/mol. The number of para-hydroxylation sites is 1. The van der Waals surface area contributed by atoms with E-state index >= 15 is 0 Å². The number of ether oxygens (including phenoxy) is 1. The number of nitrogens with one attached hydrogen (secondary N) is 1. The number of nitrogens with zero attached hydrogens (tertiary/aromatic N) is 3. The lowest BCUT2D eigenvalue weighted by Crippen LogP contribution is -2.40. The molecule has 3 N–H and O–H groups in total. The molecule has 3 aromatic carbocycles. The van der Waals surface area contributed by atoms with E-state index in [0.717, 1.165) is 23.2 Å². The van der Waals surface area contributed by atoms with Crippen molar-refractivity contribution in [1.82, 2.24) is 10.3 Å². The maximum absolute atomic E-state index is 12.9. The number of likely N-dealkylation sites (N-methyl/N-ethyl adjacent to an activating group) is 1.